The molecule has 20 heavy (non-hydrogen) atoms. The summed E-state index contributed by atoms with van der Waals surface area (Å²) in [6.07, 6.45) is 1.29. The molecule has 5 heteroatoms. The molecule has 0 saturated heterocycles. The third-order valence-electron chi connectivity index (χ3n) is 3.00. The van der Waals surface area contributed by atoms with Crippen molar-refractivity contribution in [2.24, 2.45) is 5.41 Å². The second-order valence-electron chi connectivity index (χ2n) is 6.40. The van der Waals surface area contributed by atoms with Crippen molar-refractivity contribution >= 4 is 17.4 Å². The second-order valence-corrected chi connectivity index (χ2v) is 7.44. The van der Waals surface area contributed by atoms with E-state index in [1.165, 1.54) is 4.88 Å². The normalized spacial score (nSPS) is 14.7. The van der Waals surface area contributed by atoms with Gasteiger partial charge in [-0.15, -0.1) is 11.3 Å². The van der Waals surface area contributed by atoms with Crippen LogP contribution in [0.3, 0.4) is 0 Å². The van der Waals surface area contributed by atoms with Gasteiger partial charge >= 0.3 is 6.09 Å². The zero-order valence-electron chi connectivity index (χ0n) is 12.7. The summed E-state index contributed by atoms with van der Waals surface area (Å²) in [4.78, 5) is 12.9. The Bertz CT molecular complexity index is 411. The van der Waals surface area contributed by atoms with Crippen LogP contribution in [0.4, 0.5) is 4.79 Å². The van der Waals surface area contributed by atoms with Crippen LogP contribution in [0.15, 0.2) is 17.5 Å². The maximum atomic E-state index is 11.6. The van der Waals surface area contributed by atoms with Gasteiger partial charge in [0.05, 0.1) is 6.61 Å². The molecule has 0 aliphatic heterocycles. The fourth-order valence-electron chi connectivity index (χ4n) is 1.70. The first kappa shape index (κ1) is 17.0. The van der Waals surface area contributed by atoms with E-state index in [2.05, 4.69) is 11.4 Å². The molecule has 0 aliphatic rings. The first-order chi connectivity index (χ1) is 9.24. The molecule has 1 heterocycles. The summed E-state index contributed by atoms with van der Waals surface area (Å²) in [5.74, 6) is 0. The first-order valence-corrected chi connectivity index (χ1v) is 7.72. The average molecular weight is 299 g/mol. The number of hydrogen-bond donors (Lipinski definition) is 2. The van der Waals surface area contributed by atoms with E-state index >= 15 is 0 Å². The van der Waals surface area contributed by atoms with E-state index in [0.29, 0.717) is 6.54 Å². The molecule has 1 unspecified atom stereocenters. The Morgan fingerprint density at radius 3 is 2.60 bits per heavy atom. The lowest BCUT2D eigenvalue weighted by Gasteiger charge is -2.28. The smallest absolute Gasteiger partial charge is 0.407 e. The number of thiophene rings is 1. The monoisotopic (exact) mass is 299 g/mol. The van der Waals surface area contributed by atoms with E-state index in [0.717, 1.165) is 12.8 Å². The zero-order valence-corrected chi connectivity index (χ0v) is 13.5. The lowest BCUT2D eigenvalue weighted by molar-refractivity contribution is 0.0473. The topological polar surface area (TPSA) is 58.6 Å². The molecule has 0 aliphatic carbocycles. The maximum Gasteiger partial charge on any atom is 0.407 e. The molecule has 114 valence electrons. The van der Waals surface area contributed by atoms with Gasteiger partial charge in [0.1, 0.15) is 5.60 Å². The van der Waals surface area contributed by atoms with E-state index in [-0.39, 0.29) is 12.0 Å². The van der Waals surface area contributed by atoms with Crippen LogP contribution in [-0.2, 0) is 11.2 Å². The van der Waals surface area contributed by atoms with E-state index in [1.54, 1.807) is 11.3 Å². The molecule has 4 nitrogen and oxygen atoms in total. The Balaban J connectivity index is 2.42. The van der Waals surface area contributed by atoms with Crippen LogP contribution in [0.5, 0.6) is 0 Å². The highest BCUT2D eigenvalue weighted by molar-refractivity contribution is 7.09. The predicted molar refractivity (Wildman–Crippen MR) is 82.1 cm³/mol. The summed E-state index contributed by atoms with van der Waals surface area (Å²) < 4.78 is 5.20. The third kappa shape index (κ3) is 6.39. The van der Waals surface area contributed by atoms with Crippen molar-refractivity contribution in [1.29, 1.82) is 0 Å². The molecule has 1 amide bonds. The highest BCUT2D eigenvalue weighted by atomic mass is 32.1. The van der Waals surface area contributed by atoms with Gasteiger partial charge in [-0.2, -0.15) is 0 Å². The highest BCUT2D eigenvalue weighted by Gasteiger charge is 2.25. The van der Waals surface area contributed by atoms with Crippen LogP contribution in [0.1, 0.15) is 39.0 Å². The quantitative estimate of drug-likeness (QED) is 0.848. The molecule has 0 fully saturated rings. The number of alkyl carbamates (subject to hydrolysis) is 1. The third-order valence-corrected chi connectivity index (χ3v) is 3.93. The van der Waals surface area contributed by atoms with Crippen LogP contribution in [0.2, 0.25) is 0 Å². The van der Waals surface area contributed by atoms with Crippen molar-refractivity contribution in [2.45, 2.75) is 46.1 Å². The fourth-order valence-corrected chi connectivity index (χ4v) is 2.41. The standard InChI is InChI=1S/C15H25NO3S/c1-14(2,3)19-13(18)16-10-15(4,11-17)8-7-12-6-5-9-20-12/h5-6,9,17H,7-8,10-11H2,1-4H3,(H,16,18). The summed E-state index contributed by atoms with van der Waals surface area (Å²) in [5, 5.41) is 14.4. The maximum absolute atomic E-state index is 11.6. The molecule has 1 rings (SSSR count). The van der Waals surface area contributed by atoms with Crippen LogP contribution >= 0.6 is 11.3 Å². The van der Waals surface area contributed by atoms with Crippen molar-refractivity contribution in [1.82, 2.24) is 5.32 Å². The number of rotatable bonds is 6. The van der Waals surface area contributed by atoms with Crippen molar-refractivity contribution in [3.63, 3.8) is 0 Å². The number of carbonyl (C=O) groups excluding carboxylic acids is 1. The van der Waals surface area contributed by atoms with Crippen LogP contribution in [-0.4, -0.2) is 30.0 Å². The summed E-state index contributed by atoms with van der Waals surface area (Å²) >= 11 is 1.71. The molecular formula is C15H25NO3S. The Labute approximate surface area is 125 Å². The Hall–Kier alpha value is -1.07. The number of nitrogens with one attached hydrogen (secondary N) is 1. The largest absolute Gasteiger partial charge is 0.444 e. The second kappa shape index (κ2) is 7.09. The minimum absolute atomic E-state index is 0.0359. The number of hydrogen-bond acceptors (Lipinski definition) is 4. The molecule has 0 aromatic carbocycles. The van der Waals surface area contributed by atoms with Crippen molar-refractivity contribution in [2.75, 3.05) is 13.2 Å². The van der Waals surface area contributed by atoms with E-state index in [9.17, 15) is 9.90 Å². The number of carbonyl (C=O) groups is 1. The summed E-state index contributed by atoms with van der Waals surface area (Å²) in [6, 6.07) is 4.11. The summed E-state index contributed by atoms with van der Waals surface area (Å²) in [7, 11) is 0. The Morgan fingerprint density at radius 1 is 1.40 bits per heavy atom. The molecule has 1 aromatic heterocycles. The van der Waals surface area contributed by atoms with Crippen molar-refractivity contribution in [3.8, 4) is 0 Å². The molecular weight excluding hydrogens is 274 g/mol. The molecule has 0 saturated carbocycles. The minimum Gasteiger partial charge on any atom is -0.444 e. The van der Waals surface area contributed by atoms with Gasteiger partial charge in [-0.3, -0.25) is 0 Å². The van der Waals surface area contributed by atoms with Gasteiger partial charge < -0.3 is 15.2 Å². The highest BCUT2D eigenvalue weighted by Crippen LogP contribution is 2.24. The molecule has 0 radical (unpaired) electrons. The van der Waals surface area contributed by atoms with Crippen LogP contribution in [0, 0.1) is 5.41 Å². The fraction of sp³-hybridized carbons (Fsp3) is 0.667. The van der Waals surface area contributed by atoms with Gasteiger partial charge in [-0.1, -0.05) is 13.0 Å². The van der Waals surface area contributed by atoms with E-state index < -0.39 is 11.7 Å². The molecule has 1 atom stereocenters. The van der Waals surface area contributed by atoms with Gasteiger partial charge in [0.25, 0.3) is 0 Å². The molecule has 1 aromatic rings. The number of aryl methyl sites for hydroxylation is 1. The minimum atomic E-state index is -0.503. The molecule has 0 bridgehead atoms. The molecule has 0 spiro atoms. The van der Waals surface area contributed by atoms with Gasteiger partial charge in [0.2, 0.25) is 0 Å². The Morgan fingerprint density at radius 2 is 2.10 bits per heavy atom. The van der Waals surface area contributed by atoms with Gasteiger partial charge in [-0.25, -0.2) is 4.79 Å². The number of amides is 1. The lowest BCUT2D eigenvalue weighted by atomic mass is 9.86. The summed E-state index contributed by atoms with van der Waals surface area (Å²) in [6.45, 7) is 7.90. The van der Waals surface area contributed by atoms with Gasteiger partial charge in [-0.05, 0) is 45.1 Å². The number of aliphatic hydroxyl groups is 1. The van der Waals surface area contributed by atoms with E-state index in [1.807, 2.05) is 39.1 Å². The number of aliphatic hydroxyl groups excluding tert-OH is 1. The summed E-state index contributed by atoms with van der Waals surface area (Å²) in [5.41, 5.74) is -0.836. The lowest BCUT2D eigenvalue weighted by Crippen LogP contribution is -2.41. The van der Waals surface area contributed by atoms with Gasteiger partial charge in [0.15, 0.2) is 0 Å². The molecule has 2 N–H and O–H groups in total. The van der Waals surface area contributed by atoms with Crippen LogP contribution < -0.4 is 5.32 Å². The van der Waals surface area contributed by atoms with Crippen molar-refractivity contribution in [3.05, 3.63) is 22.4 Å². The predicted octanol–water partition coefficient (Wildman–Crippen LogP) is 3.20. The zero-order chi connectivity index (χ0) is 15.2. The van der Waals surface area contributed by atoms with Crippen LogP contribution in [0.25, 0.3) is 0 Å². The van der Waals surface area contributed by atoms with Gasteiger partial charge in [0, 0.05) is 16.8 Å². The van der Waals surface area contributed by atoms with E-state index in [4.69, 9.17) is 4.74 Å². The first-order valence-electron chi connectivity index (χ1n) is 6.84. The van der Waals surface area contributed by atoms with Crippen molar-refractivity contribution < 1.29 is 14.6 Å². The number of ether oxygens (including phenoxy) is 1. The average Bonchev–Trinajstić information content (AvgIpc) is 2.85. The Kier molecular flexibility index (Phi) is 6.02. The SMILES string of the molecule is CC(CO)(CCc1cccs1)CNC(=O)OC(C)(C)C.